The normalized spacial score (nSPS) is 13.1. The summed E-state index contributed by atoms with van der Waals surface area (Å²) < 4.78 is 41.5. The van der Waals surface area contributed by atoms with E-state index in [9.17, 15) is 18.3 Å². The molecule has 0 amide bonds. The number of rotatable bonds is 2. The Morgan fingerprint density at radius 3 is 2.42 bits per heavy atom. The lowest BCUT2D eigenvalue weighted by Crippen LogP contribution is -2.03. The van der Waals surface area contributed by atoms with Gasteiger partial charge in [-0.05, 0) is 23.6 Å². The average Bonchev–Trinajstić information content (AvgIpc) is 2.93. The van der Waals surface area contributed by atoms with Crippen LogP contribution in [0.5, 0.6) is 0 Å². The first-order valence-electron chi connectivity index (χ1n) is 5.35. The second-order valence-electron chi connectivity index (χ2n) is 3.99. The summed E-state index contributed by atoms with van der Waals surface area (Å²) in [6.45, 7) is 0. The van der Waals surface area contributed by atoms with Crippen LogP contribution in [-0.2, 0) is 0 Å². The van der Waals surface area contributed by atoms with Crippen molar-refractivity contribution in [1.29, 1.82) is 0 Å². The summed E-state index contributed by atoms with van der Waals surface area (Å²) in [6.07, 6.45) is -1.29. The molecule has 2 heterocycles. The Balaban J connectivity index is 2.06. The van der Waals surface area contributed by atoms with E-state index in [0.29, 0.717) is 17.0 Å². The van der Waals surface area contributed by atoms with Gasteiger partial charge in [-0.3, -0.25) is 0 Å². The maximum atomic E-state index is 13.6. The minimum Gasteiger partial charge on any atom is -0.383 e. The van der Waals surface area contributed by atoms with Gasteiger partial charge in [0.05, 0.1) is 0 Å². The van der Waals surface area contributed by atoms with Gasteiger partial charge in [-0.1, -0.05) is 0 Å². The van der Waals surface area contributed by atoms with Crippen LogP contribution < -0.4 is 0 Å². The van der Waals surface area contributed by atoms with Crippen LogP contribution in [0.4, 0.5) is 13.2 Å². The van der Waals surface area contributed by atoms with Crippen molar-refractivity contribution in [3.8, 4) is 0 Å². The summed E-state index contributed by atoms with van der Waals surface area (Å²) in [5.41, 5.74) is -0.257. The number of aliphatic hydroxyl groups excluding tert-OH is 1. The van der Waals surface area contributed by atoms with E-state index in [1.165, 1.54) is 22.7 Å². The molecule has 6 heteroatoms. The molecule has 0 saturated heterocycles. The predicted molar refractivity (Wildman–Crippen MR) is 70.1 cm³/mol. The Morgan fingerprint density at radius 1 is 0.947 bits per heavy atom. The maximum Gasteiger partial charge on any atom is 0.161 e. The zero-order chi connectivity index (χ0) is 13.6. The Morgan fingerprint density at radius 2 is 1.68 bits per heavy atom. The average molecular weight is 300 g/mol. The second-order valence-corrected chi connectivity index (χ2v) is 6.05. The molecule has 1 aromatic carbocycles. The SMILES string of the molecule is OC(c1cc2sccc2s1)c1cc(F)c(F)cc1F. The van der Waals surface area contributed by atoms with E-state index in [2.05, 4.69) is 0 Å². The third kappa shape index (κ3) is 2.16. The van der Waals surface area contributed by atoms with Crippen LogP contribution in [0.25, 0.3) is 9.40 Å². The van der Waals surface area contributed by atoms with Crippen molar-refractivity contribution < 1.29 is 18.3 Å². The number of thiophene rings is 2. The number of halogens is 3. The summed E-state index contributed by atoms with van der Waals surface area (Å²) in [6, 6.07) is 4.77. The molecule has 1 unspecified atom stereocenters. The second kappa shape index (κ2) is 4.63. The quantitative estimate of drug-likeness (QED) is 0.693. The fourth-order valence-corrected chi connectivity index (χ4v) is 3.94. The Labute approximate surface area is 114 Å². The molecule has 0 spiro atoms. The number of fused-ring (bicyclic) bond motifs is 1. The van der Waals surface area contributed by atoms with Crippen LogP contribution in [0.1, 0.15) is 16.5 Å². The number of aliphatic hydroxyl groups is 1. The van der Waals surface area contributed by atoms with E-state index in [4.69, 9.17) is 0 Å². The fourth-order valence-electron chi connectivity index (χ4n) is 1.82. The largest absolute Gasteiger partial charge is 0.383 e. The fraction of sp³-hybridized carbons (Fsp3) is 0.0769. The van der Waals surface area contributed by atoms with Crippen molar-refractivity contribution in [2.24, 2.45) is 0 Å². The molecule has 3 aromatic rings. The van der Waals surface area contributed by atoms with Gasteiger partial charge in [0.2, 0.25) is 0 Å². The minimum absolute atomic E-state index is 0.257. The van der Waals surface area contributed by atoms with Gasteiger partial charge in [-0.15, -0.1) is 22.7 Å². The first-order valence-corrected chi connectivity index (χ1v) is 7.05. The lowest BCUT2D eigenvalue weighted by molar-refractivity contribution is 0.217. The highest BCUT2D eigenvalue weighted by Crippen LogP contribution is 2.36. The molecular weight excluding hydrogens is 293 g/mol. The smallest absolute Gasteiger partial charge is 0.161 e. The molecule has 0 aliphatic heterocycles. The van der Waals surface area contributed by atoms with Crippen molar-refractivity contribution in [3.63, 3.8) is 0 Å². The van der Waals surface area contributed by atoms with E-state index in [-0.39, 0.29) is 5.56 Å². The predicted octanol–water partition coefficient (Wildman–Crippen LogP) is 4.46. The Bertz CT molecular complexity index is 719. The van der Waals surface area contributed by atoms with E-state index in [1.807, 2.05) is 11.4 Å². The van der Waals surface area contributed by atoms with Gasteiger partial charge in [0.25, 0.3) is 0 Å². The van der Waals surface area contributed by atoms with Crippen LogP contribution in [0.15, 0.2) is 29.6 Å². The monoisotopic (exact) mass is 300 g/mol. The molecule has 1 N–H and O–H groups in total. The summed E-state index contributed by atoms with van der Waals surface area (Å²) >= 11 is 2.81. The third-order valence-corrected chi connectivity index (χ3v) is 4.91. The first kappa shape index (κ1) is 12.7. The third-order valence-electron chi connectivity index (χ3n) is 2.76. The zero-order valence-electron chi connectivity index (χ0n) is 9.36. The van der Waals surface area contributed by atoms with E-state index < -0.39 is 23.6 Å². The molecule has 0 aliphatic carbocycles. The highest BCUT2D eigenvalue weighted by molar-refractivity contribution is 7.26. The summed E-state index contributed by atoms with van der Waals surface area (Å²) in [5, 5.41) is 12.0. The van der Waals surface area contributed by atoms with E-state index in [1.54, 1.807) is 6.07 Å². The molecule has 3 rings (SSSR count). The van der Waals surface area contributed by atoms with Gasteiger partial charge in [-0.2, -0.15) is 0 Å². The van der Waals surface area contributed by atoms with Crippen LogP contribution in [0.3, 0.4) is 0 Å². The summed E-state index contributed by atoms with van der Waals surface area (Å²) in [4.78, 5) is 0.506. The van der Waals surface area contributed by atoms with Gasteiger partial charge >= 0.3 is 0 Å². The highest BCUT2D eigenvalue weighted by Gasteiger charge is 2.20. The van der Waals surface area contributed by atoms with Gasteiger partial charge < -0.3 is 5.11 Å². The van der Waals surface area contributed by atoms with Gasteiger partial charge in [0.15, 0.2) is 11.6 Å². The Kier molecular flexibility index (Phi) is 3.08. The summed E-state index contributed by atoms with van der Waals surface area (Å²) in [7, 11) is 0. The number of hydrogen-bond donors (Lipinski definition) is 1. The molecule has 2 aromatic heterocycles. The zero-order valence-corrected chi connectivity index (χ0v) is 11.0. The van der Waals surface area contributed by atoms with E-state index >= 15 is 0 Å². The number of hydrogen-bond acceptors (Lipinski definition) is 3. The van der Waals surface area contributed by atoms with E-state index in [0.717, 1.165) is 9.40 Å². The molecule has 0 saturated carbocycles. The lowest BCUT2D eigenvalue weighted by atomic mass is 10.1. The van der Waals surface area contributed by atoms with Crippen LogP contribution in [0.2, 0.25) is 0 Å². The molecule has 98 valence electrons. The van der Waals surface area contributed by atoms with Gasteiger partial charge in [-0.25, -0.2) is 13.2 Å². The van der Waals surface area contributed by atoms with Crippen molar-refractivity contribution in [2.75, 3.05) is 0 Å². The molecule has 0 fully saturated rings. The van der Waals surface area contributed by atoms with Crippen LogP contribution >= 0.6 is 22.7 Å². The van der Waals surface area contributed by atoms with Crippen molar-refractivity contribution >= 4 is 32.1 Å². The van der Waals surface area contributed by atoms with Crippen molar-refractivity contribution in [3.05, 3.63) is 57.5 Å². The molecule has 0 radical (unpaired) electrons. The van der Waals surface area contributed by atoms with Crippen LogP contribution in [-0.4, -0.2) is 5.11 Å². The standard InChI is InChI=1S/C13H7F3OS2/c14-7-4-9(16)8(15)3-6(7)13(17)12-5-11-10(19-12)1-2-18-11/h1-5,13,17H. The first-order chi connectivity index (χ1) is 9.06. The minimum atomic E-state index is -1.29. The van der Waals surface area contributed by atoms with Crippen LogP contribution in [0, 0.1) is 17.5 Å². The molecular formula is C13H7F3OS2. The molecule has 0 aliphatic rings. The molecule has 1 nitrogen and oxygen atoms in total. The van der Waals surface area contributed by atoms with Gasteiger partial charge in [0, 0.05) is 25.9 Å². The van der Waals surface area contributed by atoms with Crippen molar-refractivity contribution in [2.45, 2.75) is 6.10 Å². The van der Waals surface area contributed by atoms with Crippen molar-refractivity contribution in [1.82, 2.24) is 0 Å². The topological polar surface area (TPSA) is 20.2 Å². The lowest BCUT2D eigenvalue weighted by Gasteiger charge is -2.10. The van der Waals surface area contributed by atoms with Gasteiger partial charge in [0.1, 0.15) is 11.9 Å². The molecule has 1 atom stereocenters. The highest BCUT2D eigenvalue weighted by atomic mass is 32.1. The molecule has 19 heavy (non-hydrogen) atoms. The molecule has 0 bridgehead atoms. The maximum absolute atomic E-state index is 13.6. The summed E-state index contributed by atoms with van der Waals surface area (Å²) in [5.74, 6) is -3.39. The number of benzene rings is 1. The Hall–Kier alpha value is -1.37.